The summed E-state index contributed by atoms with van der Waals surface area (Å²) in [5, 5.41) is 3.43. The third-order valence-electron chi connectivity index (χ3n) is 3.92. The van der Waals surface area contributed by atoms with Gasteiger partial charge < -0.3 is 5.32 Å². The third kappa shape index (κ3) is 2.56. The summed E-state index contributed by atoms with van der Waals surface area (Å²) in [5.74, 6) is 0. The van der Waals surface area contributed by atoms with Gasteiger partial charge in [-0.3, -0.25) is 0 Å². The predicted molar refractivity (Wildman–Crippen MR) is 77.3 cm³/mol. The molecule has 2 saturated heterocycles. The van der Waals surface area contributed by atoms with E-state index in [0.717, 1.165) is 43.6 Å². The van der Waals surface area contributed by atoms with Crippen molar-refractivity contribution in [3.63, 3.8) is 0 Å². The summed E-state index contributed by atoms with van der Waals surface area (Å²) in [6.45, 7) is 1.63. The van der Waals surface area contributed by atoms with Crippen molar-refractivity contribution in [2.24, 2.45) is 0 Å². The molecule has 1 aromatic heterocycles. The van der Waals surface area contributed by atoms with E-state index in [-0.39, 0.29) is 6.04 Å². The number of rotatable bonds is 3. The first-order valence-corrected chi connectivity index (χ1v) is 9.23. The number of thiophene rings is 1. The Morgan fingerprint density at radius 3 is 2.79 bits per heavy atom. The lowest BCUT2D eigenvalue weighted by atomic mass is 10.1. The number of nitrogens with zero attached hydrogens (tertiary/aromatic N) is 1. The Labute approximate surface area is 122 Å². The van der Waals surface area contributed by atoms with Crippen molar-refractivity contribution in [1.82, 2.24) is 9.62 Å². The molecule has 2 aliphatic heterocycles. The lowest BCUT2D eigenvalue weighted by molar-refractivity contribution is 0.322. The molecule has 3 heterocycles. The van der Waals surface area contributed by atoms with Gasteiger partial charge in [0.25, 0.3) is 10.0 Å². The average Bonchev–Trinajstić information content (AvgIpc) is 3.09. The summed E-state index contributed by atoms with van der Waals surface area (Å²) in [6, 6.07) is 3.68. The molecule has 1 aromatic rings. The highest BCUT2D eigenvalue weighted by Gasteiger charge is 2.40. The van der Waals surface area contributed by atoms with E-state index in [1.807, 2.05) is 0 Å². The summed E-state index contributed by atoms with van der Waals surface area (Å²) >= 11 is 7.00. The van der Waals surface area contributed by atoms with Gasteiger partial charge in [-0.1, -0.05) is 11.6 Å². The number of hydrogen-bond donors (Lipinski definition) is 1. The Bertz CT molecular complexity index is 552. The van der Waals surface area contributed by atoms with Crippen molar-refractivity contribution in [1.29, 1.82) is 0 Å². The number of sulfonamides is 1. The second-order valence-corrected chi connectivity index (χ2v) is 8.92. The fourth-order valence-corrected chi connectivity index (χ4v) is 6.40. The zero-order valence-corrected chi connectivity index (χ0v) is 12.9. The standard InChI is InChI=1S/C12H17ClN2O2S2/c13-11-5-6-12(18-11)19(16,17)15-8-2-4-10(15)9-3-1-7-14-9/h5-6,9-10,14H,1-4,7-8H2. The molecule has 4 nitrogen and oxygen atoms in total. The molecular formula is C12H17ClN2O2S2. The monoisotopic (exact) mass is 320 g/mol. The van der Waals surface area contributed by atoms with Crippen molar-refractivity contribution >= 4 is 33.0 Å². The van der Waals surface area contributed by atoms with Crippen molar-refractivity contribution in [2.75, 3.05) is 13.1 Å². The molecule has 2 atom stereocenters. The first kappa shape index (κ1) is 13.8. The van der Waals surface area contributed by atoms with Gasteiger partial charge >= 0.3 is 0 Å². The van der Waals surface area contributed by atoms with Gasteiger partial charge in [-0.25, -0.2) is 8.42 Å². The highest BCUT2D eigenvalue weighted by atomic mass is 35.5. The first-order chi connectivity index (χ1) is 9.09. The normalized spacial score (nSPS) is 29.1. The lowest BCUT2D eigenvalue weighted by Gasteiger charge is -2.28. The molecule has 0 bridgehead atoms. The topological polar surface area (TPSA) is 49.4 Å². The van der Waals surface area contributed by atoms with Gasteiger partial charge in [-0.2, -0.15) is 4.31 Å². The van der Waals surface area contributed by atoms with E-state index in [2.05, 4.69) is 5.32 Å². The number of nitrogens with one attached hydrogen (secondary N) is 1. The predicted octanol–water partition coefficient (Wildman–Crippen LogP) is 2.31. The van der Waals surface area contributed by atoms with Gasteiger partial charge in [-0.05, 0) is 44.4 Å². The Hall–Kier alpha value is -0.140. The molecule has 0 aromatic carbocycles. The molecule has 0 amide bonds. The summed E-state index contributed by atoms with van der Waals surface area (Å²) in [6.07, 6.45) is 4.11. The van der Waals surface area contributed by atoms with Gasteiger partial charge in [0.1, 0.15) is 4.21 Å². The minimum atomic E-state index is -3.38. The Kier molecular flexibility index (Phi) is 3.88. The molecule has 19 heavy (non-hydrogen) atoms. The van der Waals surface area contributed by atoms with Crippen LogP contribution in [0.15, 0.2) is 16.3 Å². The van der Waals surface area contributed by atoms with Gasteiger partial charge in [0.2, 0.25) is 0 Å². The van der Waals surface area contributed by atoms with Crippen molar-refractivity contribution in [2.45, 2.75) is 42.0 Å². The second-order valence-electron chi connectivity index (χ2n) is 5.09. The summed E-state index contributed by atoms with van der Waals surface area (Å²) in [5.41, 5.74) is 0. The van der Waals surface area contributed by atoms with Crippen molar-refractivity contribution < 1.29 is 8.42 Å². The lowest BCUT2D eigenvalue weighted by Crippen LogP contribution is -2.46. The van der Waals surface area contributed by atoms with Crippen LogP contribution in [-0.4, -0.2) is 37.9 Å². The van der Waals surface area contributed by atoms with Crippen LogP contribution in [0.5, 0.6) is 0 Å². The molecule has 2 unspecified atom stereocenters. The van der Waals surface area contributed by atoms with Gasteiger partial charge in [-0.15, -0.1) is 11.3 Å². The van der Waals surface area contributed by atoms with Crippen molar-refractivity contribution in [3.8, 4) is 0 Å². The molecule has 7 heteroatoms. The fourth-order valence-electron chi connectivity index (χ4n) is 3.06. The highest BCUT2D eigenvalue weighted by Crippen LogP contribution is 2.34. The molecule has 3 rings (SSSR count). The van der Waals surface area contributed by atoms with E-state index in [9.17, 15) is 8.42 Å². The molecule has 0 spiro atoms. The van der Waals surface area contributed by atoms with E-state index in [0.29, 0.717) is 21.1 Å². The smallest absolute Gasteiger partial charge is 0.252 e. The van der Waals surface area contributed by atoms with Crippen LogP contribution in [0, 0.1) is 0 Å². The van der Waals surface area contributed by atoms with Crippen LogP contribution < -0.4 is 5.32 Å². The van der Waals surface area contributed by atoms with Crippen LogP contribution in [0.25, 0.3) is 0 Å². The average molecular weight is 321 g/mol. The maximum absolute atomic E-state index is 12.7. The van der Waals surface area contributed by atoms with E-state index < -0.39 is 10.0 Å². The zero-order valence-electron chi connectivity index (χ0n) is 10.5. The molecule has 0 aliphatic carbocycles. The summed E-state index contributed by atoms with van der Waals surface area (Å²) < 4.78 is 27.9. The quantitative estimate of drug-likeness (QED) is 0.929. The largest absolute Gasteiger partial charge is 0.312 e. The minimum absolute atomic E-state index is 0.105. The molecule has 2 aliphatic rings. The SMILES string of the molecule is O=S(=O)(c1ccc(Cl)s1)N1CCCC1C1CCCN1. The molecular weight excluding hydrogens is 304 g/mol. The Morgan fingerprint density at radius 2 is 2.16 bits per heavy atom. The maximum Gasteiger partial charge on any atom is 0.252 e. The number of hydrogen-bond acceptors (Lipinski definition) is 4. The van der Waals surface area contributed by atoms with E-state index in [1.54, 1.807) is 16.4 Å². The van der Waals surface area contributed by atoms with Gasteiger partial charge in [0.15, 0.2) is 0 Å². The van der Waals surface area contributed by atoms with Crippen LogP contribution in [0.2, 0.25) is 4.34 Å². The molecule has 1 N–H and O–H groups in total. The third-order valence-corrected chi connectivity index (χ3v) is 7.55. The van der Waals surface area contributed by atoms with Crippen LogP contribution in [0.3, 0.4) is 0 Å². The van der Waals surface area contributed by atoms with Gasteiger partial charge in [0.05, 0.1) is 4.34 Å². The number of halogens is 1. The fraction of sp³-hybridized carbons (Fsp3) is 0.667. The maximum atomic E-state index is 12.7. The molecule has 106 valence electrons. The van der Waals surface area contributed by atoms with Crippen LogP contribution in [-0.2, 0) is 10.0 Å². The second kappa shape index (κ2) is 5.33. The Morgan fingerprint density at radius 1 is 1.32 bits per heavy atom. The molecule has 0 saturated carbocycles. The highest BCUT2D eigenvalue weighted by molar-refractivity contribution is 7.91. The van der Waals surface area contributed by atoms with E-state index in [4.69, 9.17) is 11.6 Å². The molecule has 2 fully saturated rings. The van der Waals surface area contributed by atoms with E-state index in [1.165, 1.54) is 0 Å². The van der Waals surface area contributed by atoms with Crippen molar-refractivity contribution in [3.05, 3.63) is 16.5 Å². The van der Waals surface area contributed by atoms with E-state index >= 15 is 0 Å². The van der Waals surface area contributed by atoms with Crippen LogP contribution in [0.1, 0.15) is 25.7 Å². The molecule has 0 radical (unpaired) electrons. The Balaban J connectivity index is 1.87. The van der Waals surface area contributed by atoms with Gasteiger partial charge in [0, 0.05) is 18.6 Å². The zero-order chi connectivity index (χ0) is 13.5. The minimum Gasteiger partial charge on any atom is -0.312 e. The van der Waals surface area contributed by atoms with Crippen LogP contribution in [0.4, 0.5) is 0 Å². The first-order valence-electron chi connectivity index (χ1n) is 6.59. The van der Waals surface area contributed by atoms with Crippen LogP contribution >= 0.6 is 22.9 Å². The summed E-state index contributed by atoms with van der Waals surface area (Å²) in [4.78, 5) is 0. The summed E-state index contributed by atoms with van der Waals surface area (Å²) in [7, 11) is -3.38.